The Labute approximate surface area is 138 Å². The minimum absolute atomic E-state index is 0.0483. The summed E-state index contributed by atoms with van der Waals surface area (Å²) in [6.45, 7) is 2.73. The van der Waals surface area contributed by atoms with Gasteiger partial charge in [0.1, 0.15) is 0 Å². The summed E-state index contributed by atoms with van der Waals surface area (Å²) in [6, 6.07) is 5.84. The minimum Gasteiger partial charge on any atom is -0.378 e. The molecule has 0 aliphatic carbocycles. The van der Waals surface area contributed by atoms with Crippen LogP contribution in [0.2, 0.25) is 5.02 Å². The van der Waals surface area contributed by atoms with Gasteiger partial charge < -0.3 is 15.4 Å². The summed E-state index contributed by atoms with van der Waals surface area (Å²) in [5.74, 6) is 0.0483. The van der Waals surface area contributed by atoms with Crippen molar-refractivity contribution in [2.45, 2.75) is 18.9 Å². The van der Waals surface area contributed by atoms with Crippen LogP contribution in [-0.4, -0.2) is 43.2 Å². The molecule has 3 rings (SSSR count). The molecule has 2 N–H and O–H groups in total. The quantitative estimate of drug-likeness (QED) is 0.874. The smallest absolute Gasteiger partial charge is 0.221 e. The van der Waals surface area contributed by atoms with Crippen LogP contribution in [0.5, 0.6) is 0 Å². The number of hydrogen-bond donors (Lipinski definition) is 2. The van der Waals surface area contributed by atoms with E-state index in [-0.39, 0.29) is 11.9 Å². The Balaban J connectivity index is 1.46. The third kappa shape index (κ3) is 4.16. The lowest BCUT2D eigenvalue weighted by Gasteiger charge is -2.23. The number of morpholine rings is 1. The number of fused-ring (bicyclic) bond motifs is 1. The lowest BCUT2D eigenvalue weighted by Crippen LogP contribution is -2.44. The van der Waals surface area contributed by atoms with Gasteiger partial charge in [0.25, 0.3) is 0 Å². The van der Waals surface area contributed by atoms with Crippen LogP contribution in [-0.2, 0) is 16.0 Å². The normalized spacial score (nSPS) is 18.5. The van der Waals surface area contributed by atoms with Crippen molar-refractivity contribution in [1.29, 1.82) is 0 Å². The van der Waals surface area contributed by atoms with Crippen LogP contribution in [0.4, 0.5) is 0 Å². The van der Waals surface area contributed by atoms with Crippen LogP contribution >= 0.6 is 22.9 Å². The number of halogens is 1. The van der Waals surface area contributed by atoms with Gasteiger partial charge in [-0.15, -0.1) is 11.3 Å². The number of thiazole rings is 1. The second-order valence-corrected chi connectivity index (χ2v) is 6.80. The van der Waals surface area contributed by atoms with Crippen LogP contribution < -0.4 is 10.6 Å². The minimum atomic E-state index is 0.0483. The predicted molar refractivity (Wildman–Crippen MR) is 88.6 cm³/mol. The monoisotopic (exact) mass is 339 g/mol. The van der Waals surface area contributed by atoms with Crippen molar-refractivity contribution < 1.29 is 9.53 Å². The van der Waals surface area contributed by atoms with E-state index in [4.69, 9.17) is 16.3 Å². The van der Waals surface area contributed by atoms with Crippen molar-refractivity contribution >= 4 is 39.1 Å². The Morgan fingerprint density at radius 3 is 3.27 bits per heavy atom. The number of hydrogen-bond acceptors (Lipinski definition) is 5. The number of ether oxygens (including phenoxy) is 1. The van der Waals surface area contributed by atoms with Crippen molar-refractivity contribution in [3.8, 4) is 0 Å². The molecule has 7 heteroatoms. The summed E-state index contributed by atoms with van der Waals surface area (Å²) in [5.41, 5.74) is 0.919. The van der Waals surface area contributed by atoms with E-state index in [9.17, 15) is 4.79 Å². The highest BCUT2D eigenvalue weighted by Gasteiger charge is 2.16. The Morgan fingerprint density at radius 2 is 2.45 bits per heavy atom. The molecule has 118 valence electrons. The van der Waals surface area contributed by atoms with Crippen molar-refractivity contribution in [3.63, 3.8) is 0 Å². The summed E-state index contributed by atoms with van der Waals surface area (Å²) in [6.07, 6.45) is 1.19. The fourth-order valence-corrected chi connectivity index (χ4v) is 3.52. The Kier molecular flexibility index (Phi) is 5.25. The summed E-state index contributed by atoms with van der Waals surface area (Å²) in [7, 11) is 0. The molecule has 1 aliphatic heterocycles. The number of nitrogens with zero attached hydrogens (tertiary/aromatic N) is 1. The van der Waals surface area contributed by atoms with Gasteiger partial charge in [-0.1, -0.05) is 11.6 Å². The first kappa shape index (κ1) is 15.7. The number of carbonyl (C=O) groups is 1. The molecule has 0 saturated carbocycles. The Hall–Kier alpha value is -1.21. The van der Waals surface area contributed by atoms with E-state index in [0.717, 1.165) is 34.8 Å². The van der Waals surface area contributed by atoms with E-state index < -0.39 is 0 Å². The molecule has 1 atom stereocenters. The summed E-state index contributed by atoms with van der Waals surface area (Å²) in [5, 5.41) is 7.92. The van der Waals surface area contributed by atoms with Crippen LogP contribution in [0.3, 0.4) is 0 Å². The number of carbonyl (C=O) groups excluding carboxylic acids is 1. The van der Waals surface area contributed by atoms with Gasteiger partial charge in [-0.2, -0.15) is 0 Å². The molecule has 1 aromatic heterocycles. The van der Waals surface area contributed by atoms with Gasteiger partial charge in [-0.3, -0.25) is 4.79 Å². The van der Waals surface area contributed by atoms with Crippen molar-refractivity contribution in [2.24, 2.45) is 0 Å². The maximum absolute atomic E-state index is 11.9. The number of rotatable bonds is 5. The van der Waals surface area contributed by atoms with E-state index in [1.165, 1.54) is 0 Å². The molecule has 1 amide bonds. The molecule has 2 aromatic rings. The first-order chi connectivity index (χ1) is 10.7. The van der Waals surface area contributed by atoms with E-state index in [1.807, 2.05) is 18.2 Å². The average Bonchev–Trinajstić information content (AvgIpc) is 2.90. The standard InChI is InChI=1S/C15H18ClN3O2S/c16-10-1-2-13-12(7-10)19-15(22-13)3-4-18-14(20)8-11-9-21-6-5-17-11/h1-2,7,11,17H,3-6,8-9H2,(H,18,20). The maximum Gasteiger partial charge on any atom is 0.221 e. The van der Waals surface area contributed by atoms with Crippen molar-refractivity contribution in [2.75, 3.05) is 26.3 Å². The zero-order valence-electron chi connectivity index (χ0n) is 12.1. The number of amides is 1. The molecule has 5 nitrogen and oxygen atoms in total. The van der Waals surface area contributed by atoms with Gasteiger partial charge in [0, 0.05) is 37.0 Å². The van der Waals surface area contributed by atoms with Gasteiger partial charge >= 0.3 is 0 Å². The first-order valence-electron chi connectivity index (χ1n) is 7.33. The molecular formula is C15H18ClN3O2S. The summed E-state index contributed by atoms with van der Waals surface area (Å²) >= 11 is 7.60. The Bertz CT molecular complexity index is 655. The molecule has 1 aromatic carbocycles. The molecule has 1 unspecified atom stereocenters. The van der Waals surface area contributed by atoms with Crippen molar-refractivity contribution in [1.82, 2.24) is 15.6 Å². The molecule has 1 aliphatic rings. The van der Waals surface area contributed by atoms with Gasteiger partial charge in [-0.25, -0.2) is 4.98 Å². The first-order valence-corrected chi connectivity index (χ1v) is 8.53. The van der Waals surface area contributed by atoms with Crippen LogP contribution in [0.15, 0.2) is 18.2 Å². The number of aromatic nitrogens is 1. The van der Waals surface area contributed by atoms with Gasteiger partial charge in [0.05, 0.1) is 28.4 Å². The molecule has 1 fully saturated rings. The SMILES string of the molecule is O=C(CC1COCCN1)NCCc1nc2cc(Cl)ccc2s1. The highest BCUT2D eigenvalue weighted by Crippen LogP contribution is 2.24. The molecular weight excluding hydrogens is 322 g/mol. The van der Waals surface area contributed by atoms with E-state index >= 15 is 0 Å². The van der Waals surface area contributed by atoms with Gasteiger partial charge in [-0.05, 0) is 18.2 Å². The zero-order valence-corrected chi connectivity index (χ0v) is 13.7. The van der Waals surface area contributed by atoms with E-state index in [0.29, 0.717) is 24.6 Å². The summed E-state index contributed by atoms with van der Waals surface area (Å²) in [4.78, 5) is 16.4. The molecule has 0 bridgehead atoms. The van der Waals surface area contributed by atoms with Crippen LogP contribution in [0.25, 0.3) is 10.2 Å². The van der Waals surface area contributed by atoms with E-state index in [2.05, 4.69) is 15.6 Å². The zero-order chi connectivity index (χ0) is 15.4. The Morgan fingerprint density at radius 1 is 1.55 bits per heavy atom. The third-order valence-electron chi connectivity index (χ3n) is 3.49. The lowest BCUT2D eigenvalue weighted by atomic mass is 10.2. The number of nitrogens with one attached hydrogen (secondary N) is 2. The topological polar surface area (TPSA) is 63.2 Å². The van der Waals surface area contributed by atoms with Crippen LogP contribution in [0, 0.1) is 0 Å². The molecule has 22 heavy (non-hydrogen) atoms. The third-order valence-corrected chi connectivity index (χ3v) is 4.82. The number of benzene rings is 1. The predicted octanol–water partition coefficient (Wildman–Crippen LogP) is 1.99. The highest BCUT2D eigenvalue weighted by molar-refractivity contribution is 7.18. The average molecular weight is 340 g/mol. The molecule has 0 radical (unpaired) electrons. The lowest BCUT2D eigenvalue weighted by molar-refractivity contribution is -0.122. The van der Waals surface area contributed by atoms with Crippen molar-refractivity contribution in [3.05, 3.63) is 28.2 Å². The van der Waals surface area contributed by atoms with E-state index in [1.54, 1.807) is 11.3 Å². The largest absolute Gasteiger partial charge is 0.378 e. The van der Waals surface area contributed by atoms with Gasteiger partial charge in [0.2, 0.25) is 5.91 Å². The maximum atomic E-state index is 11.9. The second-order valence-electron chi connectivity index (χ2n) is 5.25. The molecule has 0 spiro atoms. The van der Waals surface area contributed by atoms with Gasteiger partial charge in [0.15, 0.2) is 0 Å². The summed E-state index contributed by atoms with van der Waals surface area (Å²) < 4.78 is 6.46. The molecule has 1 saturated heterocycles. The van der Waals surface area contributed by atoms with Crippen LogP contribution in [0.1, 0.15) is 11.4 Å². The molecule has 2 heterocycles. The fraction of sp³-hybridized carbons (Fsp3) is 0.467. The highest BCUT2D eigenvalue weighted by atomic mass is 35.5. The fourth-order valence-electron chi connectivity index (χ4n) is 2.41. The second kappa shape index (κ2) is 7.37.